The van der Waals surface area contributed by atoms with Gasteiger partial charge in [0.05, 0.1) is 10.2 Å². The van der Waals surface area contributed by atoms with E-state index in [0.717, 1.165) is 26.4 Å². The Labute approximate surface area is 170 Å². The van der Waals surface area contributed by atoms with Gasteiger partial charge in [-0.25, -0.2) is 4.98 Å². The van der Waals surface area contributed by atoms with E-state index in [4.69, 9.17) is 4.52 Å². The molecule has 0 radical (unpaired) electrons. The third-order valence-corrected chi connectivity index (χ3v) is 5.55. The van der Waals surface area contributed by atoms with E-state index < -0.39 is 0 Å². The van der Waals surface area contributed by atoms with E-state index >= 15 is 0 Å². The van der Waals surface area contributed by atoms with Crippen molar-refractivity contribution in [3.63, 3.8) is 0 Å². The summed E-state index contributed by atoms with van der Waals surface area (Å²) in [6.07, 6.45) is 0. The van der Waals surface area contributed by atoms with Gasteiger partial charge in [0.2, 0.25) is 0 Å². The van der Waals surface area contributed by atoms with Crippen molar-refractivity contribution < 1.29 is 9.32 Å². The monoisotopic (exact) mass is 397 g/mol. The van der Waals surface area contributed by atoms with Crippen LogP contribution in [0.2, 0.25) is 0 Å². The molecule has 0 unspecified atom stereocenters. The van der Waals surface area contributed by atoms with Crippen molar-refractivity contribution in [1.29, 1.82) is 0 Å². The fourth-order valence-corrected chi connectivity index (χ4v) is 4.00. The largest absolute Gasteiger partial charge is 0.355 e. The summed E-state index contributed by atoms with van der Waals surface area (Å²) in [4.78, 5) is 17.3. The topological polar surface area (TPSA) is 68.0 Å². The maximum absolute atomic E-state index is 12.6. The summed E-state index contributed by atoms with van der Waals surface area (Å²) in [5.74, 6) is 0.233. The first-order chi connectivity index (χ1) is 14.3. The number of aromatic nitrogens is 2. The highest BCUT2D eigenvalue weighted by molar-refractivity contribution is 7.21. The quantitative estimate of drug-likeness (QED) is 0.412. The standard InChI is InChI=1S/C23H15N3O2S/c27-22(19-14-20(28-26-19)15-7-2-1-3-8-15)24-17-10-6-9-16(13-17)23-25-18-11-4-5-12-21(18)29-23/h1-14H,(H,24,27). The molecule has 140 valence electrons. The van der Waals surface area contributed by atoms with Crippen molar-refractivity contribution >= 4 is 33.1 Å². The number of rotatable bonds is 4. The lowest BCUT2D eigenvalue weighted by Gasteiger charge is -2.04. The predicted molar refractivity (Wildman–Crippen MR) is 115 cm³/mol. The highest BCUT2D eigenvalue weighted by Crippen LogP contribution is 2.31. The van der Waals surface area contributed by atoms with E-state index in [1.807, 2.05) is 72.8 Å². The number of thiazole rings is 1. The molecule has 0 spiro atoms. The van der Waals surface area contributed by atoms with Gasteiger partial charge in [0, 0.05) is 22.9 Å². The Morgan fingerprint density at radius 3 is 2.52 bits per heavy atom. The zero-order valence-corrected chi connectivity index (χ0v) is 16.0. The molecule has 2 aromatic heterocycles. The lowest BCUT2D eigenvalue weighted by atomic mass is 10.1. The normalized spacial score (nSPS) is 10.9. The number of carbonyl (C=O) groups excluding carboxylic acids is 1. The van der Waals surface area contributed by atoms with Crippen LogP contribution in [0.15, 0.2) is 89.5 Å². The molecule has 5 nitrogen and oxygen atoms in total. The molecule has 5 rings (SSSR count). The Bertz CT molecular complexity index is 1270. The molecular weight excluding hydrogens is 382 g/mol. The highest BCUT2D eigenvalue weighted by atomic mass is 32.1. The number of hydrogen-bond donors (Lipinski definition) is 1. The van der Waals surface area contributed by atoms with Gasteiger partial charge >= 0.3 is 0 Å². The van der Waals surface area contributed by atoms with Gasteiger partial charge in [-0.3, -0.25) is 4.79 Å². The third kappa shape index (κ3) is 3.53. The number of amides is 1. The van der Waals surface area contributed by atoms with Crippen LogP contribution in [0.4, 0.5) is 5.69 Å². The fraction of sp³-hybridized carbons (Fsp3) is 0. The van der Waals surface area contributed by atoms with E-state index in [0.29, 0.717) is 11.4 Å². The molecule has 6 heteroatoms. The van der Waals surface area contributed by atoms with Crippen LogP contribution in [0.3, 0.4) is 0 Å². The van der Waals surface area contributed by atoms with Crippen LogP contribution >= 0.6 is 11.3 Å². The second-order valence-electron chi connectivity index (χ2n) is 6.46. The number of benzene rings is 3. The molecule has 0 fully saturated rings. The molecule has 0 saturated carbocycles. The summed E-state index contributed by atoms with van der Waals surface area (Å²) in [6.45, 7) is 0. The molecule has 1 N–H and O–H groups in total. The smallest absolute Gasteiger partial charge is 0.277 e. The zero-order valence-electron chi connectivity index (χ0n) is 15.2. The van der Waals surface area contributed by atoms with Gasteiger partial charge in [-0.05, 0) is 24.3 Å². The van der Waals surface area contributed by atoms with Crippen LogP contribution in [0.1, 0.15) is 10.5 Å². The minimum Gasteiger partial charge on any atom is -0.355 e. The van der Waals surface area contributed by atoms with Gasteiger partial charge in [0.1, 0.15) is 5.01 Å². The SMILES string of the molecule is O=C(Nc1cccc(-c2nc3ccccc3s2)c1)c1cc(-c2ccccc2)on1. The second-order valence-corrected chi connectivity index (χ2v) is 7.49. The molecule has 0 aliphatic carbocycles. The van der Waals surface area contributed by atoms with Gasteiger partial charge in [0.15, 0.2) is 11.5 Å². The minimum absolute atomic E-state index is 0.231. The first kappa shape index (κ1) is 17.3. The number of anilines is 1. The number of carbonyl (C=O) groups is 1. The highest BCUT2D eigenvalue weighted by Gasteiger charge is 2.14. The average Bonchev–Trinajstić information content (AvgIpc) is 3.42. The van der Waals surface area contributed by atoms with Gasteiger partial charge < -0.3 is 9.84 Å². The van der Waals surface area contributed by atoms with E-state index in [2.05, 4.69) is 21.5 Å². The summed E-state index contributed by atoms with van der Waals surface area (Å²) in [5.41, 5.74) is 3.70. The molecule has 0 aliphatic heterocycles. The molecule has 0 bridgehead atoms. The van der Waals surface area contributed by atoms with Crippen LogP contribution in [-0.4, -0.2) is 16.0 Å². The van der Waals surface area contributed by atoms with Gasteiger partial charge in [0.25, 0.3) is 5.91 Å². The van der Waals surface area contributed by atoms with Crippen molar-refractivity contribution in [1.82, 2.24) is 10.1 Å². The molecule has 29 heavy (non-hydrogen) atoms. The van der Waals surface area contributed by atoms with Gasteiger partial charge in [-0.15, -0.1) is 11.3 Å². The lowest BCUT2D eigenvalue weighted by Crippen LogP contribution is -2.12. The first-order valence-electron chi connectivity index (χ1n) is 9.06. The Morgan fingerprint density at radius 1 is 0.862 bits per heavy atom. The Balaban J connectivity index is 1.38. The average molecular weight is 397 g/mol. The Morgan fingerprint density at radius 2 is 1.66 bits per heavy atom. The van der Waals surface area contributed by atoms with Crippen LogP contribution in [0.25, 0.3) is 32.1 Å². The van der Waals surface area contributed by atoms with Crippen molar-refractivity contribution in [2.24, 2.45) is 0 Å². The number of nitrogens with zero attached hydrogens (tertiary/aromatic N) is 2. The number of para-hydroxylation sites is 1. The van der Waals surface area contributed by atoms with Gasteiger partial charge in [-0.2, -0.15) is 0 Å². The molecular formula is C23H15N3O2S. The summed E-state index contributed by atoms with van der Waals surface area (Å²) >= 11 is 1.62. The van der Waals surface area contributed by atoms with Crippen LogP contribution in [0.5, 0.6) is 0 Å². The molecule has 0 saturated heterocycles. The number of nitrogens with one attached hydrogen (secondary N) is 1. The van der Waals surface area contributed by atoms with E-state index in [1.165, 1.54) is 0 Å². The Hall–Kier alpha value is -3.77. The molecule has 2 heterocycles. The lowest BCUT2D eigenvalue weighted by molar-refractivity contribution is 0.101. The van der Waals surface area contributed by atoms with Crippen LogP contribution in [-0.2, 0) is 0 Å². The molecule has 3 aromatic carbocycles. The Kier molecular flexibility index (Phi) is 4.38. The summed E-state index contributed by atoms with van der Waals surface area (Å²) in [5, 5.41) is 7.70. The minimum atomic E-state index is -0.322. The van der Waals surface area contributed by atoms with Crippen molar-refractivity contribution in [2.75, 3.05) is 5.32 Å². The number of fused-ring (bicyclic) bond motifs is 1. The second kappa shape index (κ2) is 7.33. The predicted octanol–water partition coefficient (Wildman–Crippen LogP) is 5.87. The first-order valence-corrected chi connectivity index (χ1v) is 9.87. The maximum Gasteiger partial charge on any atom is 0.277 e. The summed E-state index contributed by atoms with van der Waals surface area (Å²) < 4.78 is 6.45. The number of hydrogen-bond acceptors (Lipinski definition) is 5. The molecule has 0 aliphatic rings. The maximum atomic E-state index is 12.6. The molecule has 0 atom stereocenters. The van der Waals surface area contributed by atoms with E-state index in [9.17, 15) is 4.79 Å². The van der Waals surface area contributed by atoms with Crippen molar-refractivity contribution in [3.8, 4) is 21.9 Å². The van der Waals surface area contributed by atoms with Crippen molar-refractivity contribution in [2.45, 2.75) is 0 Å². The molecule has 1 amide bonds. The summed E-state index contributed by atoms with van der Waals surface area (Å²) in [6, 6.07) is 26.9. The van der Waals surface area contributed by atoms with Gasteiger partial charge in [-0.1, -0.05) is 59.8 Å². The van der Waals surface area contributed by atoms with Crippen LogP contribution in [0, 0.1) is 0 Å². The van der Waals surface area contributed by atoms with Crippen molar-refractivity contribution in [3.05, 3.63) is 90.6 Å². The van der Waals surface area contributed by atoms with E-state index in [1.54, 1.807) is 17.4 Å². The zero-order chi connectivity index (χ0) is 19.6. The third-order valence-electron chi connectivity index (χ3n) is 4.46. The fourth-order valence-electron chi connectivity index (χ4n) is 3.04. The van der Waals surface area contributed by atoms with Crippen LogP contribution < -0.4 is 5.32 Å². The molecule has 5 aromatic rings. The summed E-state index contributed by atoms with van der Waals surface area (Å²) in [7, 11) is 0. The van der Waals surface area contributed by atoms with E-state index in [-0.39, 0.29) is 11.6 Å².